The van der Waals surface area contributed by atoms with Crippen molar-refractivity contribution in [2.75, 3.05) is 16.6 Å². The number of ether oxygens (including phenoxy) is 1. The van der Waals surface area contributed by atoms with E-state index in [0.29, 0.717) is 16.2 Å². The number of hydrogen-bond donors (Lipinski definition) is 2. The average molecular weight is 467 g/mol. The standard InChI is InChI=1S/C20H22N2O5S3/c1-13-9-10-16(29(23,24)21-17-7-5-6-8-19(17)27-4)12-18(13)22-30(25,26)20-11-14(2)28-15(20)3/h5-12,21-22H,1-4H3. The van der Waals surface area contributed by atoms with Gasteiger partial charge in [0.25, 0.3) is 20.0 Å². The van der Waals surface area contributed by atoms with Crippen molar-refractivity contribution in [2.45, 2.75) is 30.6 Å². The van der Waals surface area contributed by atoms with Crippen LogP contribution in [0.1, 0.15) is 15.3 Å². The average Bonchev–Trinajstić information content (AvgIpc) is 3.02. The molecule has 3 rings (SSSR count). The lowest BCUT2D eigenvalue weighted by molar-refractivity contribution is 0.417. The number of aryl methyl sites for hydroxylation is 3. The lowest BCUT2D eigenvalue weighted by atomic mass is 10.2. The second-order valence-corrected chi connectivity index (χ2v) is 11.5. The Morgan fingerprint density at radius 2 is 1.50 bits per heavy atom. The second kappa shape index (κ2) is 8.29. The molecule has 0 bridgehead atoms. The van der Waals surface area contributed by atoms with Gasteiger partial charge in [-0.2, -0.15) is 0 Å². The number of thiophene rings is 1. The molecule has 0 radical (unpaired) electrons. The van der Waals surface area contributed by atoms with Crippen molar-refractivity contribution >= 4 is 42.8 Å². The van der Waals surface area contributed by atoms with Crippen LogP contribution in [0.5, 0.6) is 5.75 Å². The minimum atomic E-state index is -3.97. The first kappa shape index (κ1) is 22.1. The lowest BCUT2D eigenvalue weighted by Crippen LogP contribution is -2.16. The molecule has 0 fully saturated rings. The zero-order valence-electron chi connectivity index (χ0n) is 16.9. The summed E-state index contributed by atoms with van der Waals surface area (Å²) in [6.45, 7) is 5.27. The number of rotatable bonds is 7. The van der Waals surface area contributed by atoms with Gasteiger partial charge in [-0.1, -0.05) is 18.2 Å². The fourth-order valence-electron chi connectivity index (χ4n) is 2.88. The molecule has 7 nitrogen and oxygen atoms in total. The molecule has 3 aromatic rings. The maximum absolute atomic E-state index is 12.9. The van der Waals surface area contributed by atoms with Gasteiger partial charge in [-0.05, 0) is 56.7 Å². The zero-order valence-corrected chi connectivity index (χ0v) is 19.3. The molecule has 0 aliphatic rings. The van der Waals surface area contributed by atoms with Gasteiger partial charge in [0, 0.05) is 9.75 Å². The number of methoxy groups -OCH3 is 1. The summed E-state index contributed by atoms with van der Waals surface area (Å²) >= 11 is 1.39. The van der Waals surface area contributed by atoms with Crippen molar-refractivity contribution in [3.63, 3.8) is 0 Å². The molecule has 0 aliphatic carbocycles. The molecule has 0 amide bonds. The van der Waals surface area contributed by atoms with Crippen LogP contribution in [0.25, 0.3) is 0 Å². The molecular formula is C20H22N2O5S3. The molecule has 2 aromatic carbocycles. The predicted molar refractivity (Wildman–Crippen MR) is 120 cm³/mol. The molecular weight excluding hydrogens is 444 g/mol. The van der Waals surface area contributed by atoms with Crippen molar-refractivity contribution in [1.82, 2.24) is 0 Å². The number of hydrogen-bond acceptors (Lipinski definition) is 6. The summed E-state index contributed by atoms with van der Waals surface area (Å²) in [7, 11) is -6.38. The highest BCUT2D eigenvalue weighted by Gasteiger charge is 2.22. The Balaban J connectivity index is 1.96. The van der Waals surface area contributed by atoms with Crippen LogP contribution in [-0.2, 0) is 20.0 Å². The minimum Gasteiger partial charge on any atom is -0.495 e. The summed E-state index contributed by atoms with van der Waals surface area (Å²) in [5, 5.41) is 0. The summed E-state index contributed by atoms with van der Waals surface area (Å²) < 4.78 is 61.6. The molecule has 0 unspecified atom stereocenters. The number of benzene rings is 2. The Labute approximate surface area is 180 Å². The van der Waals surface area contributed by atoms with Crippen LogP contribution < -0.4 is 14.2 Å². The summed E-state index contributed by atoms with van der Waals surface area (Å²) in [6, 6.07) is 12.5. The van der Waals surface area contributed by atoms with Gasteiger partial charge >= 0.3 is 0 Å². The third-order valence-electron chi connectivity index (χ3n) is 4.40. The first-order valence-corrected chi connectivity index (χ1v) is 12.7. The van der Waals surface area contributed by atoms with Gasteiger partial charge in [0.2, 0.25) is 0 Å². The first-order valence-electron chi connectivity index (χ1n) is 8.90. The summed E-state index contributed by atoms with van der Waals surface area (Å²) in [4.78, 5) is 1.65. The maximum atomic E-state index is 12.9. The Morgan fingerprint density at radius 1 is 0.833 bits per heavy atom. The van der Waals surface area contributed by atoms with Gasteiger partial charge in [0.1, 0.15) is 10.6 Å². The fourth-order valence-corrected chi connectivity index (χ4v) is 6.66. The molecule has 0 saturated heterocycles. The van der Waals surface area contributed by atoms with Gasteiger partial charge in [-0.15, -0.1) is 11.3 Å². The Kier molecular flexibility index (Phi) is 6.11. The maximum Gasteiger partial charge on any atom is 0.263 e. The third-order valence-corrected chi connectivity index (χ3v) is 8.35. The molecule has 30 heavy (non-hydrogen) atoms. The molecule has 160 valence electrons. The van der Waals surface area contributed by atoms with Crippen molar-refractivity contribution in [3.05, 3.63) is 63.8 Å². The van der Waals surface area contributed by atoms with E-state index in [1.54, 1.807) is 50.2 Å². The molecule has 0 saturated carbocycles. The van der Waals surface area contributed by atoms with Gasteiger partial charge < -0.3 is 4.74 Å². The summed E-state index contributed by atoms with van der Waals surface area (Å²) in [5.41, 5.74) is 1.08. The number of anilines is 2. The van der Waals surface area contributed by atoms with Crippen LogP contribution in [-0.4, -0.2) is 23.9 Å². The SMILES string of the molecule is COc1ccccc1NS(=O)(=O)c1ccc(C)c(NS(=O)(=O)c2cc(C)sc2C)c1. The molecule has 0 aliphatic heterocycles. The monoisotopic (exact) mass is 466 g/mol. The van der Waals surface area contributed by atoms with E-state index in [0.717, 1.165) is 4.88 Å². The zero-order chi connectivity index (χ0) is 22.1. The largest absolute Gasteiger partial charge is 0.495 e. The van der Waals surface area contributed by atoms with E-state index in [4.69, 9.17) is 4.74 Å². The second-order valence-electron chi connectivity index (χ2n) is 6.67. The van der Waals surface area contributed by atoms with E-state index < -0.39 is 20.0 Å². The predicted octanol–water partition coefficient (Wildman–Crippen LogP) is 4.28. The van der Waals surface area contributed by atoms with Gasteiger partial charge in [0.05, 0.1) is 23.4 Å². The van der Waals surface area contributed by atoms with Crippen molar-refractivity contribution in [3.8, 4) is 5.75 Å². The number of sulfonamides is 2. The van der Waals surface area contributed by atoms with Crippen LogP contribution in [0.15, 0.2) is 58.3 Å². The molecule has 0 spiro atoms. The fraction of sp³-hybridized carbons (Fsp3) is 0.200. The van der Waals surface area contributed by atoms with E-state index in [1.165, 1.54) is 30.6 Å². The highest BCUT2D eigenvalue weighted by Crippen LogP contribution is 2.30. The number of para-hydroxylation sites is 2. The molecule has 2 N–H and O–H groups in total. The third kappa shape index (κ3) is 4.61. The van der Waals surface area contributed by atoms with Gasteiger partial charge in [0.15, 0.2) is 0 Å². The van der Waals surface area contributed by atoms with Crippen LogP contribution in [0.3, 0.4) is 0 Å². The van der Waals surface area contributed by atoms with Crippen LogP contribution in [0.4, 0.5) is 11.4 Å². The molecule has 10 heteroatoms. The first-order chi connectivity index (χ1) is 14.0. The summed E-state index contributed by atoms with van der Waals surface area (Å²) in [6.07, 6.45) is 0. The molecule has 1 aromatic heterocycles. The quantitative estimate of drug-likeness (QED) is 0.541. The van der Waals surface area contributed by atoms with Crippen molar-refractivity contribution in [1.29, 1.82) is 0 Å². The lowest BCUT2D eigenvalue weighted by Gasteiger charge is -2.14. The van der Waals surface area contributed by atoms with Crippen LogP contribution in [0.2, 0.25) is 0 Å². The topological polar surface area (TPSA) is 102 Å². The normalized spacial score (nSPS) is 11.9. The van der Waals surface area contributed by atoms with E-state index in [1.807, 2.05) is 6.92 Å². The summed E-state index contributed by atoms with van der Waals surface area (Å²) in [5.74, 6) is 0.373. The van der Waals surface area contributed by atoms with E-state index in [2.05, 4.69) is 9.44 Å². The van der Waals surface area contributed by atoms with Gasteiger partial charge in [-0.3, -0.25) is 9.44 Å². The van der Waals surface area contributed by atoms with E-state index >= 15 is 0 Å². The number of nitrogens with one attached hydrogen (secondary N) is 2. The van der Waals surface area contributed by atoms with Crippen molar-refractivity contribution in [2.24, 2.45) is 0 Å². The van der Waals surface area contributed by atoms with Crippen LogP contribution >= 0.6 is 11.3 Å². The Bertz CT molecular complexity index is 1300. The molecule has 0 atom stereocenters. The van der Waals surface area contributed by atoms with E-state index in [-0.39, 0.29) is 21.2 Å². The van der Waals surface area contributed by atoms with Gasteiger partial charge in [-0.25, -0.2) is 16.8 Å². The smallest absolute Gasteiger partial charge is 0.263 e. The van der Waals surface area contributed by atoms with Crippen molar-refractivity contribution < 1.29 is 21.6 Å². The Hall–Kier alpha value is -2.56. The Morgan fingerprint density at radius 3 is 2.13 bits per heavy atom. The van der Waals surface area contributed by atoms with Crippen LogP contribution in [0, 0.1) is 20.8 Å². The highest BCUT2D eigenvalue weighted by atomic mass is 32.2. The molecule has 1 heterocycles. The minimum absolute atomic E-state index is 0.0741. The highest BCUT2D eigenvalue weighted by molar-refractivity contribution is 7.93. The van der Waals surface area contributed by atoms with E-state index in [9.17, 15) is 16.8 Å².